The molecule has 0 aromatic heterocycles. The number of carbonyl (C=O) groups excluding carboxylic acids is 1. The summed E-state index contributed by atoms with van der Waals surface area (Å²) in [4.78, 5) is 14.7. The topological polar surface area (TPSA) is 41.6 Å². The van der Waals surface area contributed by atoms with Crippen molar-refractivity contribution in [3.05, 3.63) is 35.9 Å². The number of ether oxygens (including phenoxy) is 1. The van der Waals surface area contributed by atoms with Crippen molar-refractivity contribution in [3.63, 3.8) is 0 Å². The molecule has 1 aromatic rings. The van der Waals surface area contributed by atoms with Crippen molar-refractivity contribution in [1.82, 2.24) is 10.2 Å². The van der Waals surface area contributed by atoms with Crippen LogP contribution in [-0.2, 0) is 9.53 Å². The molecule has 2 fully saturated rings. The van der Waals surface area contributed by atoms with Crippen molar-refractivity contribution in [1.29, 1.82) is 0 Å². The van der Waals surface area contributed by atoms with E-state index in [1.165, 1.54) is 12.8 Å². The van der Waals surface area contributed by atoms with Gasteiger partial charge in [0.15, 0.2) is 0 Å². The second-order valence-corrected chi connectivity index (χ2v) is 6.90. The predicted octanol–water partition coefficient (Wildman–Crippen LogP) is 3.03. The van der Waals surface area contributed by atoms with Crippen LogP contribution in [0.3, 0.4) is 0 Å². The summed E-state index contributed by atoms with van der Waals surface area (Å²) in [6.45, 7) is 6.44. The smallest absolute Gasteiger partial charge is 0.223 e. The third kappa shape index (κ3) is 4.95. The number of rotatable bonds is 4. The quantitative estimate of drug-likeness (QED) is 0.905. The Morgan fingerprint density at radius 2 is 2.17 bits per heavy atom. The molecule has 0 spiro atoms. The average Bonchev–Trinajstić information content (AvgIpc) is 2.63. The summed E-state index contributed by atoms with van der Waals surface area (Å²) < 4.78 is 5.86. The maximum atomic E-state index is 12.7. The van der Waals surface area contributed by atoms with Gasteiger partial charge in [-0.25, -0.2) is 0 Å². The monoisotopic (exact) mass is 352 g/mol. The van der Waals surface area contributed by atoms with Gasteiger partial charge >= 0.3 is 0 Å². The first-order valence-electron chi connectivity index (χ1n) is 8.89. The summed E-state index contributed by atoms with van der Waals surface area (Å²) in [6.07, 6.45) is 3.16. The first-order chi connectivity index (χ1) is 11.2. The predicted molar refractivity (Wildman–Crippen MR) is 98.3 cm³/mol. The second kappa shape index (κ2) is 9.40. The van der Waals surface area contributed by atoms with Gasteiger partial charge in [0.25, 0.3) is 0 Å². The first-order valence-corrected chi connectivity index (χ1v) is 8.89. The van der Waals surface area contributed by atoms with E-state index >= 15 is 0 Å². The maximum Gasteiger partial charge on any atom is 0.223 e. The molecule has 5 heteroatoms. The van der Waals surface area contributed by atoms with E-state index in [1.54, 1.807) is 0 Å². The highest BCUT2D eigenvalue weighted by atomic mass is 35.5. The number of morpholine rings is 1. The summed E-state index contributed by atoms with van der Waals surface area (Å²) in [5.41, 5.74) is 1.16. The van der Waals surface area contributed by atoms with Crippen LogP contribution in [0.2, 0.25) is 0 Å². The summed E-state index contributed by atoms with van der Waals surface area (Å²) in [5, 5.41) is 3.45. The van der Waals surface area contributed by atoms with Gasteiger partial charge in [-0.1, -0.05) is 37.3 Å². The highest BCUT2D eigenvalue weighted by Crippen LogP contribution is 2.26. The molecule has 0 bridgehead atoms. The molecule has 2 heterocycles. The van der Waals surface area contributed by atoms with Gasteiger partial charge in [0.05, 0.1) is 13.2 Å². The molecule has 4 nitrogen and oxygen atoms in total. The normalized spacial score (nSPS) is 25.6. The lowest BCUT2D eigenvalue weighted by Gasteiger charge is -2.35. The zero-order valence-corrected chi connectivity index (χ0v) is 15.3. The van der Waals surface area contributed by atoms with E-state index < -0.39 is 0 Å². The zero-order chi connectivity index (χ0) is 16.1. The van der Waals surface area contributed by atoms with Crippen LogP contribution < -0.4 is 5.32 Å². The van der Waals surface area contributed by atoms with Crippen molar-refractivity contribution in [2.24, 2.45) is 11.8 Å². The van der Waals surface area contributed by atoms with Crippen LogP contribution in [0.5, 0.6) is 0 Å². The van der Waals surface area contributed by atoms with E-state index in [4.69, 9.17) is 4.74 Å². The highest BCUT2D eigenvalue weighted by Gasteiger charge is 2.28. The van der Waals surface area contributed by atoms with Crippen LogP contribution in [0, 0.1) is 11.8 Å². The molecule has 134 valence electrons. The van der Waals surface area contributed by atoms with E-state index in [2.05, 4.69) is 24.4 Å². The molecule has 24 heavy (non-hydrogen) atoms. The summed E-state index contributed by atoms with van der Waals surface area (Å²) in [5.74, 6) is 1.37. The van der Waals surface area contributed by atoms with Gasteiger partial charge in [-0.05, 0) is 43.3 Å². The molecule has 3 unspecified atom stereocenters. The summed E-state index contributed by atoms with van der Waals surface area (Å²) >= 11 is 0. The summed E-state index contributed by atoms with van der Waals surface area (Å²) in [6, 6.07) is 10.2. The Morgan fingerprint density at radius 1 is 1.38 bits per heavy atom. The number of benzene rings is 1. The van der Waals surface area contributed by atoms with Gasteiger partial charge in [0.2, 0.25) is 5.91 Å². The minimum Gasteiger partial charge on any atom is -0.370 e. The Bertz CT molecular complexity index is 505. The van der Waals surface area contributed by atoms with Gasteiger partial charge < -0.3 is 15.0 Å². The number of hydrogen-bond acceptors (Lipinski definition) is 3. The molecule has 1 aromatic carbocycles. The van der Waals surface area contributed by atoms with E-state index in [1.807, 2.05) is 23.1 Å². The number of nitrogens with one attached hydrogen (secondary N) is 1. The number of hydrogen-bond donors (Lipinski definition) is 1. The van der Waals surface area contributed by atoms with Crippen molar-refractivity contribution < 1.29 is 9.53 Å². The van der Waals surface area contributed by atoms with E-state index in [9.17, 15) is 4.79 Å². The summed E-state index contributed by atoms with van der Waals surface area (Å²) in [7, 11) is 0. The van der Waals surface area contributed by atoms with Crippen molar-refractivity contribution in [3.8, 4) is 0 Å². The third-order valence-electron chi connectivity index (χ3n) is 5.23. The molecule has 1 amide bonds. The van der Waals surface area contributed by atoms with Gasteiger partial charge in [-0.15, -0.1) is 12.4 Å². The standard InChI is InChI=1S/C19H28N2O2.ClH/c1-15(17-8-5-9-20-13-17)12-19(22)21-10-11-23-18(14-21)16-6-3-2-4-7-16;/h2-4,6-7,15,17-18,20H,5,8-14H2,1H3;1H. The lowest BCUT2D eigenvalue weighted by molar-refractivity contribution is -0.140. The molecular weight excluding hydrogens is 324 g/mol. The molecule has 0 radical (unpaired) electrons. The van der Waals surface area contributed by atoms with E-state index in [0.29, 0.717) is 31.4 Å². The largest absolute Gasteiger partial charge is 0.370 e. The Labute approximate surface area is 151 Å². The maximum absolute atomic E-state index is 12.7. The molecular formula is C19H29ClN2O2. The van der Waals surface area contributed by atoms with E-state index in [0.717, 1.165) is 25.2 Å². The minimum atomic E-state index is 0. The number of amides is 1. The highest BCUT2D eigenvalue weighted by molar-refractivity contribution is 5.85. The molecule has 2 aliphatic rings. The van der Waals surface area contributed by atoms with Crippen molar-refractivity contribution >= 4 is 18.3 Å². The van der Waals surface area contributed by atoms with E-state index in [-0.39, 0.29) is 24.4 Å². The molecule has 3 atom stereocenters. The molecule has 1 N–H and O–H groups in total. The number of nitrogens with zero attached hydrogens (tertiary/aromatic N) is 1. The number of halogens is 1. The van der Waals surface area contributed by atoms with Crippen molar-refractivity contribution in [2.75, 3.05) is 32.8 Å². The van der Waals surface area contributed by atoms with Crippen LogP contribution in [0.1, 0.15) is 37.9 Å². The number of piperidine rings is 1. The lowest BCUT2D eigenvalue weighted by atomic mass is 9.85. The first kappa shape index (κ1) is 19.2. The fourth-order valence-corrected chi connectivity index (χ4v) is 3.68. The fraction of sp³-hybridized carbons (Fsp3) is 0.632. The molecule has 2 aliphatic heterocycles. The zero-order valence-electron chi connectivity index (χ0n) is 14.4. The van der Waals surface area contributed by atoms with Gasteiger partial charge in [0.1, 0.15) is 6.10 Å². The van der Waals surface area contributed by atoms with Crippen LogP contribution in [0.25, 0.3) is 0 Å². The lowest BCUT2D eigenvalue weighted by Crippen LogP contribution is -2.43. The average molecular weight is 353 g/mol. The van der Waals surface area contributed by atoms with Gasteiger partial charge in [-0.3, -0.25) is 4.79 Å². The number of carbonyl (C=O) groups is 1. The second-order valence-electron chi connectivity index (χ2n) is 6.90. The third-order valence-corrected chi connectivity index (χ3v) is 5.23. The molecule has 0 aliphatic carbocycles. The van der Waals surface area contributed by atoms with Crippen LogP contribution in [0.4, 0.5) is 0 Å². The Hall–Kier alpha value is -1.10. The van der Waals surface area contributed by atoms with Crippen LogP contribution >= 0.6 is 12.4 Å². The Kier molecular flexibility index (Phi) is 7.53. The van der Waals surface area contributed by atoms with Crippen LogP contribution in [0.15, 0.2) is 30.3 Å². The fourth-order valence-electron chi connectivity index (χ4n) is 3.68. The molecule has 2 saturated heterocycles. The van der Waals surface area contributed by atoms with Gasteiger partial charge in [0, 0.05) is 13.0 Å². The minimum absolute atomic E-state index is 0. The Morgan fingerprint density at radius 3 is 2.88 bits per heavy atom. The molecule has 3 rings (SSSR count). The molecule has 0 saturated carbocycles. The van der Waals surface area contributed by atoms with Crippen molar-refractivity contribution in [2.45, 2.75) is 32.3 Å². The Balaban J connectivity index is 0.00000208. The van der Waals surface area contributed by atoms with Gasteiger partial charge in [-0.2, -0.15) is 0 Å². The van der Waals surface area contributed by atoms with Crippen LogP contribution in [-0.4, -0.2) is 43.6 Å². The SMILES string of the molecule is CC(CC(=O)N1CCOC(c2ccccc2)C1)C1CCCNC1.Cl.